The molecule has 0 fully saturated rings. The molecule has 2 aliphatic rings. The Morgan fingerprint density at radius 2 is 0.730 bits per heavy atom. The Hall–Kier alpha value is -8.20. The van der Waals surface area contributed by atoms with Crippen molar-refractivity contribution in [3.05, 3.63) is 259 Å². The highest BCUT2D eigenvalue weighted by molar-refractivity contribution is 6.19. The second-order valence-corrected chi connectivity index (χ2v) is 16.7. The standard InChI is InChI=1S/C61H39NO/c1-4-16-40(17-5-1)42-28-32-45(33-29-42)62(46-34-30-43(31-35-46)41-18-6-2-7-19-41)47-36-37-51-56(38-47)63-57-39-55-59(58(60(51)57)44-20-8-3-9-21-44)50-24-12-15-27-54(50)61(55)52-25-13-10-22-48(52)49-23-11-14-26-53(49)61/h1-39H. The monoisotopic (exact) mass is 801 g/mol. The predicted molar refractivity (Wildman–Crippen MR) is 261 cm³/mol. The average Bonchev–Trinajstić information content (AvgIpc) is 3.98. The fourth-order valence-corrected chi connectivity index (χ4v) is 10.8. The molecule has 0 atom stereocenters. The van der Waals surface area contributed by atoms with Crippen molar-refractivity contribution in [2.75, 3.05) is 4.90 Å². The lowest BCUT2D eigenvalue weighted by Crippen LogP contribution is -2.25. The number of benzene rings is 10. The zero-order valence-corrected chi connectivity index (χ0v) is 34.4. The number of hydrogen-bond donors (Lipinski definition) is 0. The lowest BCUT2D eigenvalue weighted by molar-refractivity contribution is 0.666. The van der Waals surface area contributed by atoms with Crippen molar-refractivity contribution < 1.29 is 4.42 Å². The van der Waals surface area contributed by atoms with E-state index in [1.165, 1.54) is 77.9 Å². The second-order valence-electron chi connectivity index (χ2n) is 16.7. The quantitative estimate of drug-likeness (QED) is 0.167. The topological polar surface area (TPSA) is 16.4 Å². The van der Waals surface area contributed by atoms with Crippen molar-refractivity contribution in [2.45, 2.75) is 5.41 Å². The summed E-state index contributed by atoms with van der Waals surface area (Å²) in [6.45, 7) is 0. The first kappa shape index (κ1) is 35.5. The number of anilines is 3. The van der Waals surface area contributed by atoms with Gasteiger partial charge in [-0.25, -0.2) is 0 Å². The Morgan fingerprint density at radius 1 is 0.302 bits per heavy atom. The van der Waals surface area contributed by atoms with Crippen molar-refractivity contribution in [1.82, 2.24) is 0 Å². The molecule has 63 heavy (non-hydrogen) atoms. The number of furan rings is 1. The molecule has 1 spiro atoms. The number of nitrogens with zero attached hydrogens (tertiary/aromatic N) is 1. The Bertz CT molecular complexity index is 3400. The minimum Gasteiger partial charge on any atom is -0.456 e. The van der Waals surface area contributed by atoms with Gasteiger partial charge >= 0.3 is 0 Å². The molecule has 2 aliphatic carbocycles. The van der Waals surface area contributed by atoms with E-state index in [1.54, 1.807) is 0 Å². The Labute approximate surface area is 366 Å². The Morgan fingerprint density at radius 3 is 1.27 bits per heavy atom. The Balaban J connectivity index is 1.05. The molecule has 10 aromatic carbocycles. The van der Waals surface area contributed by atoms with E-state index >= 15 is 0 Å². The van der Waals surface area contributed by atoms with Gasteiger partial charge < -0.3 is 9.32 Å². The molecule has 0 unspecified atom stereocenters. The van der Waals surface area contributed by atoms with Gasteiger partial charge in [-0.05, 0) is 115 Å². The summed E-state index contributed by atoms with van der Waals surface area (Å²) in [5.41, 5.74) is 21.9. The maximum Gasteiger partial charge on any atom is 0.137 e. The van der Waals surface area contributed by atoms with Crippen molar-refractivity contribution in [3.8, 4) is 55.6 Å². The Kier molecular flexibility index (Phi) is 7.85. The smallest absolute Gasteiger partial charge is 0.137 e. The lowest BCUT2D eigenvalue weighted by atomic mass is 9.70. The van der Waals surface area contributed by atoms with E-state index in [1.807, 2.05) is 0 Å². The molecule has 0 saturated heterocycles. The predicted octanol–water partition coefficient (Wildman–Crippen LogP) is 16.4. The third kappa shape index (κ3) is 5.25. The molecule has 1 heterocycles. The molecule has 0 bridgehead atoms. The zero-order chi connectivity index (χ0) is 41.5. The molecule has 1 aromatic heterocycles. The maximum absolute atomic E-state index is 7.21. The minimum atomic E-state index is -0.490. The van der Waals surface area contributed by atoms with E-state index in [0.29, 0.717) is 0 Å². The number of hydrogen-bond acceptors (Lipinski definition) is 2. The lowest BCUT2D eigenvalue weighted by Gasteiger charge is -2.30. The molecule has 13 rings (SSSR count). The third-order valence-electron chi connectivity index (χ3n) is 13.5. The maximum atomic E-state index is 7.21. The van der Waals surface area contributed by atoms with Gasteiger partial charge in [0.25, 0.3) is 0 Å². The van der Waals surface area contributed by atoms with Gasteiger partial charge in [0, 0.05) is 39.5 Å². The molecule has 0 saturated carbocycles. The van der Waals surface area contributed by atoms with Crippen LogP contribution in [-0.2, 0) is 5.41 Å². The second kappa shape index (κ2) is 13.9. The summed E-state index contributed by atoms with van der Waals surface area (Å²) in [4.78, 5) is 2.34. The fraction of sp³-hybridized carbons (Fsp3) is 0.0164. The van der Waals surface area contributed by atoms with Crippen LogP contribution >= 0.6 is 0 Å². The van der Waals surface area contributed by atoms with Gasteiger partial charge in [0.2, 0.25) is 0 Å². The van der Waals surface area contributed by atoms with Gasteiger partial charge in [0.05, 0.1) is 5.41 Å². The van der Waals surface area contributed by atoms with Crippen molar-refractivity contribution in [1.29, 1.82) is 0 Å². The van der Waals surface area contributed by atoms with Crippen LogP contribution in [0, 0.1) is 0 Å². The van der Waals surface area contributed by atoms with Crippen LogP contribution in [0.4, 0.5) is 17.1 Å². The van der Waals surface area contributed by atoms with Gasteiger partial charge in [-0.3, -0.25) is 0 Å². The van der Waals surface area contributed by atoms with Gasteiger partial charge in [0.15, 0.2) is 0 Å². The number of fused-ring (bicyclic) bond motifs is 13. The summed E-state index contributed by atoms with van der Waals surface area (Å²) in [6, 6.07) is 86.0. The van der Waals surface area contributed by atoms with Crippen LogP contribution in [0.1, 0.15) is 22.3 Å². The fourth-order valence-electron chi connectivity index (χ4n) is 10.8. The molecule has 2 heteroatoms. The first-order valence-electron chi connectivity index (χ1n) is 21.8. The molecule has 0 aliphatic heterocycles. The molecule has 0 radical (unpaired) electrons. The molecule has 2 nitrogen and oxygen atoms in total. The molecule has 0 amide bonds. The van der Waals surface area contributed by atoms with E-state index in [9.17, 15) is 0 Å². The van der Waals surface area contributed by atoms with Crippen LogP contribution in [0.25, 0.3) is 77.6 Å². The van der Waals surface area contributed by atoms with E-state index in [2.05, 4.69) is 241 Å². The van der Waals surface area contributed by atoms with Crippen molar-refractivity contribution in [2.24, 2.45) is 0 Å². The number of rotatable bonds is 6. The zero-order valence-electron chi connectivity index (χ0n) is 34.4. The summed E-state index contributed by atoms with van der Waals surface area (Å²) in [6.07, 6.45) is 0. The molecule has 294 valence electrons. The third-order valence-corrected chi connectivity index (χ3v) is 13.5. The van der Waals surface area contributed by atoms with Crippen LogP contribution in [-0.4, -0.2) is 0 Å². The molecular weight excluding hydrogens is 763 g/mol. The summed E-state index contributed by atoms with van der Waals surface area (Å²) in [7, 11) is 0. The summed E-state index contributed by atoms with van der Waals surface area (Å²) < 4.78 is 7.21. The van der Waals surface area contributed by atoms with Crippen molar-refractivity contribution in [3.63, 3.8) is 0 Å². The first-order chi connectivity index (χ1) is 31.3. The minimum absolute atomic E-state index is 0.490. The van der Waals surface area contributed by atoms with Crippen LogP contribution < -0.4 is 4.90 Å². The SMILES string of the molecule is c1ccc(-c2ccc(N(c3ccc(-c4ccccc4)cc3)c3ccc4c(c3)oc3cc5c(c(-c6ccccc6)c34)-c3ccccc3C53c4ccccc4-c4ccccc43)cc2)cc1. The normalized spacial score (nSPS) is 12.9. The van der Waals surface area contributed by atoms with Gasteiger partial charge in [-0.2, -0.15) is 0 Å². The highest BCUT2D eigenvalue weighted by Crippen LogP contribution is 2.65. The van der Waals surface area contributed by atoms with E-state index < -0.39 is 5.41 Å². The highest BCUT2D eigenvalue weighted by atomic mass is 16.3. The summed E-state index contributed by atoms with van der Waals surface area (Å²) in [5, 5.41) is 2.23. The van der Waals surface area contributed by atoms with Crippen molar-refractivity contribution >= 4 is 39.0 Å². The van der Waals surface area contributed by atoms with E-state index in [-0.39, 0.29) is 0 Å². The van der Waals surface area contributed by atoms with Gasteiger partial charge in [0.1, 0.15) is 11.2 Å². The average molecular weight is 802 g/mol. The largest absolute Gasteiger partial charge is 0.456 e. The van der Waals surface area contributed by atoms with Gasteiger partial charge in [-0.1, -0.05) is 188 Å². The van der Waals surface area contributed by atoms with Crippen LogP contribution in [0.3, 0.4) is 0 Å². The van der Waals surface area contributed by atoms with Gasteiger partial charge in [-0.15, -0.1) is 0 Å². The van der Waals surface area contributed by atoms with Crippen LogP contribution in [0.5, 0.6) is 0 Å². The molecule has 0 N–H and O–H groups in total. The summed E-state index contributed by atoms with van der Waals surface area (Å²) >= 11 is 0. The molecular formula is C61H39NO. The van der Waals surface area contributed by atoms with E-state index in [4.69, 9.17) is 4.42 Å². The van der Waals surface area contributed by atoms with E-state index in [0.717, 1.165) is 39.0 Å². The highest BCUT2D eigenvalue weighted by Gasteiger charge is 2.52. The molecule has 11 aromatic rings. The first-order valence-corrected chi connectivity index (χ1v) is 21.8. The van der Waals surface area contributed by atoms with Crippen LogP contribution in [0.15, 0.2) is 241 Å². The van der Waals surface area contributed by atoms with Crippen LogP contribution in [0.2, 0.25) is 0 Å². The summed E-state index contributed by atoms with van der Waals surface area (Å²) in [5.74, 6) is 0.